The molecule has 0 bridgehead atoms. The largest absolute Gasteiger partial charge is 0.389 e. The number of anilines is 1. The van der Waals surface area contributed by atoms with Crippen molar-refractivity contribution in [1.82, 2.24) is 0 Å². The number of rotatable bonds is 2. The van der Waals surface area contributed by atoms with Crippen molar-refractivity contribution in [2.45, 2.75) is 18.9 Å². The molecule has 2 aromatic rings. The second-order valence-electron chi connectivity index (χ2n) is 5.71. The first-order valence-corrected chi connectivity index (χ1v) is 7.18. The van der Waals surface area contributed by atoms with Crippen LogP contribution in [0, 0.1) is 0 Å². The molecule has 3 rings (SSSR count). The summed E-state index contributed by atoms with van der Waals surface area (Å²) in [7, 11) is 0. The molecule has 1 fully saturated rings. The molecular weight excluding hydrogens is 268 g/mol. The molecule has 1 saturated heterocycles. The lowest BCUT2D eigenvalue weighted by atomic mass is 10.0. The van der Waals surface area contributed by atoms with E-state index >= 15 is 0 Å². The molecule has 104 valence electrons. The van der Waals surface area contributed by atoms with E-state index in [1.54, 1.807) is 0 Å². The molecule has 0 aliphatic carbocycles. The Morgan fingerprint density at radius 2 is 1.95 bits per heavy atom. The fraction of sp³-hybridized carbons (Fsp3) is 0.312. The lowest BCUT2D eigenvalue weighted by Crippen LogP contribution is -2.29. The van der Waals surface area contributed by atoms with Gasteiger partial charge in [-0.05, 0) is 30.9 Å². The number of hydrogen-bond acceptors (Lipinski definition) is 3. The van der Waals surface area contributed by atoms with E-state index in [1.807, 2.05) is 31.2 Å². The number of fused-ring (bicyclic) bond motifs is 1. The topological polar surface area (TPSA) is 49.5 Å². The SMILES string of the molecule is CC1(O)CCN(c2ccc(C(N)=S)c3ccccc23)C1. The molecule has 1 aliphatic rings. The Balaban J connectivity index is 2.14. The van der Waals surface area contributed by atoms with Gasteiger partial charge in [-0.2, -0.15) is 0 Å². The van der Waals surface area contributed by atoms with Gasteiger partial charge in [0.2, 0.25) is 0 Å². The summed E-state index contributed by atoms with van der Waals surface area (Å²) in [4.78, 5) is 2.65. The monoisotopic (exact) mass is 286 g/mol. The average molecular weight is 286 g/mol. The maximum atomic E-state index is 10.2. The first-order chi connectivity index (χ1) is 9.48. The van der Waals surface area contributed by atoms with Gasteiger partial charge in [0.25, 0.3) is 0 Å². The third kappa shape index (κ3) is 2.25. The zero-order valence-corrected chi connectivity index (χ0v) is 12.3. The Labute approximate surface area is 124 Å². The highest BCUT2D eigenvalue weighted by molar-refractivity contribution is 7.80. The Kier molecular flexibility index (Phi) is 3.15. The molecule has 3 N–H and O–H groups in total. The van der Waals surface area contributed by atoms with Crippen molar-refractivity contribution < 1.29 is 5.11 Å². The molecule has 0 aromatic heterocycles. The van der Waals surface area contributed by atoms with Crippen molar-refractivity contribution >= 4 is 33.7 Å². The molecule has 0 saturated carbocycles. The maximum Gasteiger partial charge on any atom is 0.104 e. The Morgan fingerprint density at radius 1 is 1.25 bits per heavy atom. The van der Waals surface area contributed by atoms with Gasteiger partial charge < -0.3 is 15.7 Å². The number of benzene rings is 2. The van der Waals surface area contributed by atoms with E-state index in [-0.39, 0.29) is 0 Å². The van der Waals surface area contributed by atoms with Crippen LogP contribution < -0.4 is 10.6 Å². The van der Waals surface area contributed by atoms with Crippen molar-refractivity contribution in [1.29, 1.82) is 0 Å². The smallest absolute Gasteiger partial charge is 0.104 e. The molecule has 20 heavy (non-hydrogen) atoms. The average Bonchev–Trinajstić information content (AvgIpc) is 2.77. The standard InChI is InChI=1S/C16H18N2OS/c1-16(19)8-9-18(10-16)14-7-6-13(15(17)20)11-4-2-3-5-12(11)14/h2-7,19H,8-10H2,1H3,(H2,17,20). The highest BCUT2D eigenvalue weighted by atomic mass is 32.1. The quantitative estimate of drug-likeness (QED) is 0.833. The fourth-order valence-corrected chi connectivity index (χ4v) is 3.10. The minimum absolute atomic E-state index is 0.418. The molecule has 1 heterocycles. The molecule has 1 atom stereocenters. The molecule has 0 spiro atoms. The number of nitrogens with two attached hydrogens (primary N) is 1. The Hall–Kier alpha value is -1.65. The zero-order chi connectivity index (χ0) is 14.3. The van der Waals surface area contributed by atoms with Gasteiger partial charge in [-0.3, -0.25) is 0 Å². The second-order valence-corrected chi connectivity index (χ2v) is 6.15. The lowest BCUT2D eigenvalue weighted by molar-refractivity contribution is 0.0839. The van der Waals surface area contributed by atoms with Gasteiger partial charge >= 0.3 is 0 Å². The summed E-state index contributed by atoms with van der Waals surface area (Å²) < 4.78 is 0. The van der Waals surface area contributed by atoms with Crippen LogP contribution in [0.2, 0.25) is 0 Å². The summed E-state index contributed by atoms with van der Waals surface area (Å²) in [5.74, 6) is 0. The van der Waals surface area contributed by atoms with Crippen LogP contribution in [0.5, 0.6) is 0 Å². The minimum Gasteiger partial charge on any atom is -0.389 e. The van der Waals surface area contributed by atoms with Gasteiger partial charge in [0, 0.05) is 29.7 Å². The molecule has 4 heteroatoms. The predicted molar refractivity (Wildman–Crippen MR) is 87.3 cm³/mol. The maximum absolute atomic E-state index is 10.2. The number of nitrogens with zero attached hydrogens (tertiary/aromatic N) is 1. The minimum atomic E-state index is -0.608. The first kappa shape index (κ1) is 13.3. The number of thiocarbonyl (C=S) groups is 1. The van der Waals surface area contributed by atoms with Crippen LogP contribution in [0.15, 0.2) is 36.4 Å². The summed E-state index contributed by atoms with van der Waals surface area (Å²) in [6.07, 6.45) is 0.790. The normalized spacial score (nSPS) is 22.4. The molecule has 1 unspecified atom stereocenters. The van der Waals surface area contributed by atoms with Crippen LogP contribution in [0.1, 0.15) is 18.9 Å². The van der Waals surface area contributed by atoms with E-state index in [0.717, 1.165) is 35.0 Å². The summed E-state index contributed by atoms with van der Waals surface area (Å²) >= 11 is 5.13. The van der Waals surface area contributed by atoms with E-state index in [0.29, 0.717) is 11.5 Å². The highest BCUT2D eigenvalue weighted by Gasteiger charge is 2.32. The van der Waals surface area contributed by atoms with Gasteiger partial charge in [-0.1, -0.05) is 36.5 Å². The Morgan fingerprint density at radius 3 is 2.55 bits per heavy atom. The van der Waals surface area contributed by atoms with E-state index in [2.05, 4.69) is 17.0 Å². The van der Waals surface area contributed by atoms with Crippen molar-refractivity contribution in [2.24, 2.45) is 5.73 Å². The van der Waals surface area contributed by atoms with Crippen molar-refractivity contribution in [3.8, 4) is 0 Å². The second kappa shape index (κ2) is 4.72. The molecule has 3 nitrogen and oxygen atoms in total. The predicted octanol–water partition coefficient (Wildman–Crippen LogP) is 2.44. The molecule has 0 amide bonds. The van der Waals surface area contributed by atoms with Crippen molar-refractivity contribution in [2.75, 3.05) is 18.0 Å². The van der Waals surface area contributed by atoms with Crippen LogP contribution in [-0.2, 0) is 0 Å². The summed E-state index contributed by atoms with van der Waals surface area (Å²) in [5, 5.41) is 12.4. The van der Waals surface area contributed by atoms with Crippen LogP contribution in [-0.4, -0.2) is 28.8 Å². The molecule has 0 radical (unpaired) electrons. The summed E-state index contributed by atoms with van der Waals surface area (Å²) in [6, 6.07) is 12.2. The van der Waals surface area contributed by atoms with Gasteiger partial charge in [-0.25, -0.2) is 0 Å². The lowest BCUT2D eigenvalue weighted by Gasteiger charge is -2.23. The van der Waals surface area contributed by atoms with Crippen molar-refractivity contribution in [3.63, 3.8) is 0 Å². The van der Waals surface area contributed by atoms with Gasteiger partial charge in [-0.15, -0.1) is 0 Å². The molecule has 1 aliphatic heterocycles. The van der Waals surface area contributed by atoms with Gasteiger partial charge in [0.15, 0.2) is 0 Å². The van der Waals surface area contributed by atoms with E-state index in [9.17, 15) is 5.11 Å². The van der Waals surface area contributed by atoms with E-state index in [4.69, 9.17) is 18.0 Å². The van der Waals surface area contributed by atoms with Gasteiger partial charge in [0.05, 0.1) is 5.60 Å². The third-order valence-electron chi connectivity index (χ3n) is 3.96. The highest BCUT2D eigenvalue weighted by Crippen LogP contribution is 2.33. The number of β-amino-alcohol motifs (C(OH)–C–C–N with tert-alkyl or cyclic N) is 1. The fourth-order valence-electron chi connectivity index (χ4n) is 2.92. The first-order valence-electron chi connectivity index (χ1n) is 6.77. The van der Waals surface area contributed by atoms with Crippen LogP contribution in [0.3, 0.4) is 0 Å². The number of hydrogen-bond donors (Lipinski definition) is 2. The Bertz CT molecular complexity index is 681. The van der Waals surface area contributed by atoms with Crippen LogP contribution in [0.4, 0.5) is 5.69 Å². The summed E-state index contributed by atoms with van der Waals surface area (Å²) in [5.41, 5.74) is 7.24. The van der Waals surface area contributed by atoms with E-state index < -0.39 is 5.60 Å². The summed E-state index contributed by atoms with van der Waals surface area (Å²) in [6.45, 7) is 3.41. The molecule has 2 aromatic carbocycles. The van der Waals surface area contributed by atoms with E-state index in [1.165, 1.54) is 0 Å². The molecular formula is C16H18N2OS. The third-order valence-corrected chi connectivity index (χ3v) is 4.18. The van der Waals surface area contributed by atoms with Crippen LogP contribution in [0.25, 0.3) is 10.8 Å². The van der Waals surface area contributed by atoms with Crippen LogP contribution >= 0.6 is 12.2 Å². The van der Waals surface area contributed by atoms with Crippen molar-refractivity contribution in [3.05, 3.63) is 42.0 Å². The van der Waals surface area contributed by atoms with Gasteiger partial charge in [0.1, 0.15) is 4.99 Å². The zero-order valence-electron chi connectivity index (χ0n) is 11.5. The number of aliphatic hydroxyl groups is 1.